The SMILES string of the molecule is CC(=O)Nc1ccc(C(=O)Oc2ccc3[nH]c4ccccc4c3c2)cc1. The van der Waals surface area contributed by atoms with E-state index in [1.807, 2.05) is 36.4 Å². The number of esters is 1. The van der Waals surface area contributed by atoms with E-state index in [1.54, 1.807) is 30.3 Å². The molecular formula is C21H16N2O3. The number of rotatable bonds is 3. The first-order valence-electron chi connectivity index (χ1n) is 8.20. The van der Waals surface area contributed by atoms with E-state index in [2.05, 4.69) is 10.3 Å². The van der Waals surface area contributed by atoms with Crippen LogP contribution in [0, 0.1) is 0 Å². The van der Waals surface area contributed by atoms with Crippen LogP contribution in [-0.4, -0.2) is 16.9 Å². The van der Waals surface area contributed by atoms with Gasteiger partial charge in [-0.25, -0.2) is 4.79 Å². The van der Waals surface area contributed by atoms with E-state index >= 15 is 0 Å². The van der Waals surface area contributed by atoms with Crippen LogP contribution in [-0.2, 0) is 4.79 Å². The number of aromatic nitrogens is 1. The minimum Gasteiger partial charge on any atom is -0.423 e. The maximum atomic E-state index is 12.4. The van der Waals surface area contributed by atoms with Crippen molar-refractivity contribution in [2.45, 2.75) is 6.92 Å². The summed E-state index contributed by atoms with van der Waals surface area (Å²) in [4.78, 5) is 26.8. The third-order valence-electron chi connectivity index (χ3n) is 4.13. The molecule has 4 aromatic rings. The minimum atomic E-state index is -0.446. The molecule has 0 radical (unpaired) electrons. The van der Waals surface area contributed by atoms with Crippen molar-refractivity contribution in [1.82, 2.24) is 4.98 Å². The summed E-state index contributed by atoms with van der Waals surface area (Å²) in [6.45, 7) is 1.43. The van der Waals surface area contributed by atoms with E-state index in [1.165, 1.54) is 6.92 Å². The fourth-order valence-corrected chi connectivity index (χ4v) is 2.95. The van der Waals surface area contributed by atoms with Gasteiger partial charge < -0.3 is 15.0 Å². The molecule has 0 saturated carbocycles. The Bertz CT molecular complexity index is 1130. The van der Waals surface area contributed by atoms with Gasteiger partial charge in [-0.15, -0.1) is 0 Å². The third-order valence-corrected chi connectivity index (χ3v) is 4.13. The van der Waals surface area contributed by atoms with Crippen LogP contribution >= 0.6 is 0 Å². The highest BCUT2D eigenvalue weighted by molar-refractivity contribution is 6.07. The van der Waals surface area contributed by atoms with E-state index in [0.717, 1.165) is 21.8 Å². The number of H-pyrrole nitrogens is 1. The van der Waals surface area contributed by atoms with Crippen LogP contribution in [0.2, 0.25) is 0 Å². The maximum Gasteiger partial charge on any atom is 0.343 e. The first-order chi connectivity index (χ1) is 12.6. The second-order valence-corrected chi connectivity index (χ2v) is 6.03. The van der Waals surface area contributed by atoms with Gasteiger partial charge in [-0.2, -0.15) is 0 Å². The second-order valence-electron chi connectivity index (χ2n) is 6.03. The van der Waals surface area contributed by atoms with Crippen molar-refractivity contribution >= 4 is 39.4 Å². The summed E-state index contributed by atoms with van der Waals surface area (Å²) in [6.07, 6.45) is 0. The van der Waals surface area contributed by atoms with Crippen molar-refractivity contribution < 1.29 is 14.3 Å². The molecule has 2 N–H and O–H groups in total. The smallest absolute Gasteiger partial charge is 0.343 e. The van der Waals surface area contributed by atoms with Crippen molar-refractivity contribution in [3.63, 3.8) is 0 Å². The molecule has 0 saturated heterocycles. The van der Waals surface area contributed by atoms with Gasteiger partial charge in [0.15, 0.2) is 0 Å². The van der Waals surface area contributed by atoms with Crippen molar-refractivity contribution in [3.05, 3.63) is 72.3 Å². The summed E-state index contributed by atoms with van der Waals surface area (Å²) in [5.74, 6) is -0.121. The number of aromatic amines is 1. The summed E-state index contributed by atoms with van der Waals surface area (Å²) >= 11 is 0. The molecule has 5 nitrogen and oxygen atoms in total. The molecule has 0 aliphatic carbocycles. The second kappa shape index (κ2) is 6.37. The minimum absolute atomic E-state index is 0.160. The number of anilines is 1. The number of amides is 1. The van der Waals surface area contributed by atoms with Crippen molar-refractivity contribution in [1.29, 1.82) is 0 Å². The monoisotopic (exact) mass is 344 g/mol. The predicted molar refractivity (Wildman–Crippen MR) is 102 cm³/mol. The zero-order chi connectivity index (χ0) is 18.1. The Morgan fingerprint density at radius 3 is 2.38 bits per heavy atom. The number of ether oxygens (including phenoxy) is 1. The van der Waals surface area contributed by atoms with E-state index in [9.17, 15) is 9.59 Å². The zero-order valence-corrected chi connectivity index (χ0v) is 14.1. The molecular weight excluding hydrogens is 328 g/mol. The molecule has 0 atom stereocenters. The lowest BCUT2D eigenvalue weighted by atomic mass is 10.1. The standard InChI is InChI=1S/C21H16N2O3/c1-13(24)22-15-8-6-14(7-9-15)21(25)26-16-10-11-20-18(12-16)17-4-2-3-5-19(17)23-20/h2-12,23H,1H3,(H,22,24). The Morgan fingerprint density at radius 2 is 1.62 bits per heavy atom. The van der Waals surface area contributed by atoms with Crippen molar-refractivity contribution in [2.75, 3.05) is 5.32 Å². The summed E-state index contributed by atoms with van der Waals surface area (Å²) in [5.41, 5.74) is 3.08. The van der Waals surface area contributed by atoms with Gasteiger partial charge in [0.1, 0.15) is 5.75 Å². The van der Waals surface area contributed by atoms with Gasteiger partial charge in [0.25, 0.3) is 0 Å². The molecule has 0 aliphatic heterocycles. The van der Waals surface area contributed by atoms with Gasteiger partial charge in [0.05, 0.1) is 5.56 Å². The van der Waals surface area contributed by atoms with Crippen LogP contribution < -0.4 is 10.1 Å². The molecule has 5 heteroatoms. The highest BCUT2D eigenvalue weighted by Crippen LogP contribution is 2.28. The first kappa shape index (κ1) is 15.9. The van der Waals surface area contributed by atoms with Crippen LogP contribution in [0.3, 0.4) is 0 Å². The molecule has 0 aliphatic rings. The quantitative estimate of drug-likeness (QED) is 0.425. The Hall–Kier alpha value is -3.60. The van der Waals surface area contributed by atoms with Crippen LogP contribution in [0.4, 0.5) is 5.69 Å². The number of carbonyl (C=O) groups is 2. The lowest BCUT2D eigenvalue weighted by Crippen LogP contribution is -2.09. The van der Waals surface area contributed by atoms with Crippen LogP contribution in [0.15, 0.2) is 66.7 Å². The fraction of sp³-hybridized carbons (Fsp3) is 0.0476. The summed E-state index contributed by atoms with van der Waals surface area (Å²) in [6, 6.07) is 20.1. The molecule has 1 amide bonds. The summed E-state index contributed by atoms with van der Waals surface area (Å²) in [7, 11) is 0. The third kappa shape index (κ3) is 3.02. The summed E-state index contributed by atoms with van der Waals surface area (Å²) < 4.78 is 5.51. The topological polar surface area (TPSA) is 71.2 Å². The van der Waals surface area contributed by atoms with Crippen LogP contribution in [0.25, 0.3) is 21.8 Å². The number of fused-ring (bicyclic) bond motifs is 3. The fourth-order valence-electron chi connectivity index (χ4n) is 2.95. The molecule has 1 heterocycles. The zero-order valence-electron chi connectivity index (χ0n) is 14.1. The number of hydrogen-bond acceptors (Lipinski definition) is 3. The normalized spacial score (nSPS) is 10.8. The molecule has 0 bridgehead atoms. The Kier molecular flexibility index (Phi) is 3.89. The first-order valence-corrected chi connectivity index (χ1v) is 8.20. The number of para-hydroxylation sites is 1. The van der Waals surface area contributed by atoms with Crippen molar-refractivity contribution in [3.8, 4) is 5.75 Å². The average molecular weight is 344 g/mol. The number of nitrogens with one attached hydrogen (secondary N) is 2. The van der Waals surface area contributed by atoms with Crippen LogP contribution in [0.1, 0.15) is 17.3 Å². The molecule has 4 rings (SSSR count). The summed E-state index contributed by atoms with van der Waals surface area (Å²) in [5, 5.41) is 4.75. The number of hydrogen-bond donors (Lipinski definition) is 2. The molecule has 0 spiro atoms. The van der Waals surface area contributed by atoms with Gasteiger partial charge in [-0.3, -0.25) is 4.79 Å². The van der Waals surface area contributed by atoms with Gasteiger partial charge in [-0.1, -0.05) is 18.2 Å². The van der Waals surface area contributed by atoms with E-state index in [4.69, 9.17) is 4.74 Å². The Labute approximate surface area is 149 Å². The predicted octanol–water partition coefficient (Wildman–Crippen LogP) is 4.50. The largest absolute Gasteiger partial charge is 0.423 e. The highest BCUT2D eigenvalue weighted by atomic mass is 16.5. The van der Waals surface area contributed by atoms with E-state index in [-0.39, 0.29) is 5.91 Å². The van der Waals surface area contributed by atoms with E-state index < -0.39 is 5.97 Å². The lowest BCUT2D eigenvalue weighted by molar-refractivity contribution is -0.114. The van der Waals surface area contributed by atoms with Crippen molar-refractivity contribution in [2.24, 2.45) is 0 Å². The van der Waals surface area contributed by atoms with Gasteiger partial charge in [-0.05, 0) is 48.5 Å². The molecule has 26 heavy (non-hydrogen) atoms. The van der Waals surface area contributed by atoms with Gasteiger partial charge in [0, 0.05) is 34.4 Å². The maximum absolute atomic E-state index is 12.4. The van der Waals surface area contributed by atoms with Gasteiger partial charge in [0.2, 0.25) is 5.91 Å². The van der Waals surface area contributed by atoms with Gasteiger partial charge >= 0.3 is 5.97 Å². The highest BCUT2D eigenvalue weighted by Gasteiger charge is 2.11. The Morgan fingerprint density at radius 1 is 0.885 bits per heavy atom. The number of benzene rings is 3. The molecule has 3 aromatic carbocycles. The molecule has 0 fully saturated rings. The van der Waals surface area contributed by atoms with Crippen LogP contribution in [0.5, 0.6) is 5.75 Å². The molecule has 1 aromatic heterocycles. The molecule has 0 unspecified atom stereocenters. The number of carbonyl (C=O) groups excluding carboxylic acids is 2. The lowest BCUT2D eigenvalue weighted by Gasteiger charge is -2.06. The molecule has 128 valence electrons. The van der Waals surface area contributed by atoms with E-state index in [0.29, 0.717) is 17.0 Å². The Balaban J connectivity index is 1.59. The average Bonchev–Trinajstić information content (AvgIpc) is 3.00.